The zero-order valence-electron chi connectivity index (χ0n) is 12.9. The first-order valence-electron chi connectivity index (χ1n) is 6.77. The Labute approximate surface area is 115 Å². The van der Waals surface area contributed by atoms with Crippen LogP contribution in [0.5, 0.6) is 0 Å². The van der Waals surface area contributed by atoms with Crippen molar-refractivity contribution in [1.29, 1.82) is 0 Å². The molecule has 0 saturated carbocycles. The maximum atomic E-state index is 12.1. The van der Waals surface area contributed by atoms with Gasteiger partial charge in [-0.25, -0.2) is 4.79 Å². The van der Waals surface area contributed by atoms with Crippen LogP contribution in [-0.4, -0.2) is 40.3 Å². The third kappa shape index (κ3) is 6.45. The number of ether oxygens (including phenoxy) is 1. The van der Waals surface area contributed by atoms with Crippen molar-refractivity contribution in [2.75, 3.05) is 6.61 Å². The lowest BCUT2D eigenvalue weighted by atomic mass is 9.95. The van der Waals surface area contributed by atoms with E-state index in [1.54, 1.807) is 11.8 Å². The van der Waals surface area contributed by atoms with Crippen molar-refractivity contribution in [3.8, 4) is 0 Å². The molecule has 1 amide bonds. The lowest BCUT2D eigenvalue weighted by Crippen LogP contribution is -2.53. The van der Waals surface area contributed by atoms with Gasteiger partial charge in [-0.15, -0.1) is 0 Å². The third-order valence-corrected chi connectivity index (χ3v) is 2.71. The van der Waals surface area contributed by atoms with E-state index in [1.807, 2.05) is 34.6 Å². The molecule has 0 aromatic rings. The van der Waals surface area contributed by atoms with E-state index >= 15 is 0 Å². The first-order chi connectivity index (χ1) is 8.59. The number of carboxylic acid groups (broad SMARTS) is 1. The largest absolute Gasteiger partial charge is 0.481 e. The van der Waals surface area contributed by atoms with Gasteiger partial charge in [-0.05, 0) is 40.0 Å². The van der Waals surface area contributed by atoms with Crippen molar-refractivity contribution in [1.82, 2.24) is 4.90 Å². The molecule has 112 valence electrons. The monoisotopic (exact) mass is 273 g/mol. The van der Waals surface area contributed by atoms with Crippen molar-refractivity contribution in [2.45, 2.75) is 66.0 Å². The molecule has 0 saturated heterocycles. The molecule has 0 aromatic heterocycles. The van der Waals surface area contributed by atoms with E-state index in [4.69, 9.17) is 9.84 Å². The van der Waals surface area contributed by atoms with Crippen LogP contribution in [0, 0.1) is 5.92 Å². The van der Waals surface area contributed by atoms with Crippen LogP contribution in [0.2, 0.25) is 0 Å². The van der Waals surface area contributed by atoms with Crippen LogP contribution in [0.1, 0.15) is 54.4 Å². The van der Waals surface area contributed by atoms with E-state index in [0.29, 0.717) is 12.3 Å². The van der Waals surface area contributed by atoms with Gasteiger partial charge in [0.05, 0.1) is 13.0 Å². The van der Waals surface area contributed by atoms with Gasteiger partial charge >= 0.3 is 12.1 Å². The number of hydrogen-bond donors (Lipinski definition) is 1. The summed E-state index contributed by atoms with van der Waals surface area (Å²) in [4.78, 5) is 24.7. The van der Waals surface area contributed by atoms with Crippen molar-refractivity contribution < 1.29 is 19.4 Å². The van der Waals surface area contributed by atoms with E-state index in [0.717, 1.165) is 0 Å². The van der Waals surface area contributed by atoms with Crippen molar-refractivity contribution in [3.05, 3.63) is 0 Å². The van der Waals surface area contributed by atoms with Crippen molar-refractivity contribution >= 4 is 12.1 Å². The summed E-state index contributed by atoms with van der Waals surface area (Å²) >= 11 is 0. The van der Waals surface area contributed by atoms with Crippen LogP contribution in [0.3, 0.4) is 0 Å². The Morgan fingerprint density at radius 3 is 2.11 bits per heavy atom. The minimum Gasteiger partial charge on any atom is -0.481 e. The van der Waals surface area contributed by atoms with E-state index in [2.05, 4.69) is 0 Å². The molecular formula is C14H27NO4. The van der Waals surface area contributed by atoms with Gasteiger partial charge in [0.15, 0.2) is 0 Å². The molecule has 0 heterocycles. The lowest BCUT2D eigenvalue weighted by molar-refractivity contribution is -0.138. The molecule has 0 aromatic carbocycles. The smallest absolute Gasteiger partial charge is 0.410 e. The molecule has 0 rings (SSSR count). The summed E-state index contributed by atoms with van der Waals surface area (Å²) in [6.07, 6.45) is 0.137. The quantitative estimate of drug-likeness (QED) is 0.807. The minimum absolute atomic E-state index is 0.0612. The number of hydrogen-bond acceptors (Lipinski definition) is 3. The van der Waals surface area contributed by atoms with Crippen LogP contribution >= 0.6 is 0 Å². The second-order valence-corrected chi connectivity index (χ2v) is 6.12. The van der Waals surface area contributed by atoms with Crippen LogP contribution in [-0.2, 0) is 9.53 Å². The molecule has 0 spiro atoms. The summed E-state index contributed by atoms with van der Waals surface area (Å²) in [5, 5.41) is 9.04. The topological polar surface area (TPSA) is 66.8 Å². The highest BCUT2D eigenvalue weighted by Crippen LogP contribution is 2.25. The van der Waals surface area contributed by atoms with Gasteiger partial charge in [-0.2, -0.15) is 0 Å². The first kappa shape index (κ1) is 17.7. The molecule has 1 unspecified atom stereocenters. The molecule has 0 aliphatic heterocycles. The number of carbonyl (C=O) groups excluding carboxylic acids is 1. The fourth-order valence-corrected chi connectivity index (χ4v) is 2.19. The van der Waals surface area contributed by atoms with Crippen molar-refractivity contribution in [3.63, 3.8) is 0 Å². The number of carboxylic acids is 1. The summed E-state index contributed by atoms with van der Waals surface area (Å²) < 4.78 is 5.07. The Kier molecular flexibility index (Phi) is 6.87. The molecule has 0 aliphatic carbocycles. The summed E-state index contributed by atoms with van der Waals surface area (Å²) in [5.74, 6) is -0.590. The number of rotatable bonds is 6. The highest BCUT2D eigenvalue weighted by atomic mass is 16.6. The van der Waals surface area contributed by atoms with Crippen LogP contribution in [0.4, 0.5) is 4.79 Å². The van der Waals surface area contributed by atoms with Crippen molar-refractivity contribution in [2.24, 2.45) is 5.92 Å². The van der Waals surface area contributed by atoms with Gasteiger partial charge in [-0.3, -0.25) is 9.69 Å². The average molecular weight is 273 g/mol. The zero-order valence-corrected chi connectivity index (χ0v) is 12.9. The lowest BCUT2D eigenvalue weighted by Gasteiger charge is -2.41. The molecule has 0 bridgehead atoms. The number of amides is 1. The van der Waals surface area contributed by atoms with Gasteiger partial charge in [0.2, 0.25) is 0 Å². The van der Waals surface area contributed by atoms with E-state index in [-0.39, 0.29) is 19.1 Å². The molecule has 19 heavy (non-hydrogen) atoms. The van der Waals surface area contributed by atoms with Crippen LogP contribution in [0.15, 0.2) is 0 Å². The third-order valence-electron chi connectivity index (χ3n) is 2.71. The molecule has 0 aliphatic rings. The Bertz CT molecular complexity index is 307. The summed E-state index contributed by atoms with van der Waals surface area (Å²) in [7, 11) is 0. The fraction of sp³-hybridized carbons (Fsp3) is 0.857. The molecule has 1 N–H and O–H groups in total. The minimum atomic E-state index is -0.899. The Balaban J connectivity index is 5.22. The average Bonchev–Trinajstić information content (AvgIpc) is 2.12. The predicted octanol–water partition coefficient (Wildman–Crippen LogP) is 3.13. The maximum Gasteiger partial charge on any atom is 0.410 e. The van der Waals surface area contributed by atoms with E-state index in [9.17, 15) is 9.59 Å². The van der Waals surface area contributed by atoms with Crippen LogP contribution in [0.25, 0.3) is 0 Å². The molecule has 0 fully saturated rings. The summed E-state index contributed by atoms with van der Waals surface area (Å²) in [5.41, 5.74) is -0.471. The normalized spacial score (nSPS) is 13.2. The SMILES string of the molecule is CCOC(=O)N(C(CC(=O)O)CC(C)C)C(C)(C)C. The van der Waals surface area contributed by atoms with Gasteiger partial charge in [0.25, 0.3) is 0 Å². The highest BCUT2D eigenvalue weighted by molar-refractivity contribution is 5.72. The number of carbonyl (C=O) groups is 2. The zero-order chi connectivity index (χ0) is 15.2. The number of nitrogens with zero attached hydrogens (tertiary/aromatic N) is 1. The summed E-state index contributed by atoms with van der Waals surface area (Å²) in [6, 6.07) is -0.350. The van der Waals surface area contributed by atoms with Gasteiger partial charge < -0.3 is 9.84 Å². The molecular weight excluding hydrogens is 246 g/mol. The standard InChI is InChI=1S/C14H27NO4/c1-7-19-13(18)15(14(4,5)6)11(8-10(2)3)9-12(16)17/h10-11H,7-9H2,1-6H3,(H,16,17). The Morgan fingerprint density at radius 1 is 1.26 bits per heavy atom. The van der Waals surface area contributed by atoms with E-state index < -0.39 is 17.6 Å². The van der Waals surface area contributed by atoms with Gasteiger partial charge in [0.1, 0.15) is 0 Å². The molecule has 1 atom stereocenters. The Morgan fingerprint density at radius 2 is 1.79 bits per heavy atom. The van der Waals surface area contributed by atoms with E-state index in [1.165, 1.54) is 0 Å². The predicted molar refractivity (Wildman–Crippen MR) is 74.1 cm³/mol. The fourth-order valence-electron chi connectivity index (χ4n) is 2.19. The maximum absolute atomic E-state index is 12.1. The molecule has 5 nitrogen and oxygen atoms in total. The van der Waals surface area contributed by atoms with Gasteiger partial charge in [0, 0.05) is 11.6 Å². The molecule has 0 radical (unpaired) electrons. The Hall–Kier alpha value is -1.26. The highest BCUT2D eigenvalue weighted by Gasteiger charge is 2.35. The van der Waals surface area contributed by atoms with Crippen LogP contribution < -0.4 is 0 Å². The summed E-state index contributed by atoms with van der Waals surface area (Å²) in [6.45, 7) is 11.7. The second kappa shape index (κ2) is 7.36. The van der Waals surface area contributed by atoms with Gasteiger partial charge in [-0.1, -0.05) is 13.8 Å². The molecule has 5 heteroatoms. The second-order valence-electron chi connectivity index (χ2n) is 6.12. The number of aliphatic carboxylic acids is 1. The first-order valence-corrected chi connectivity index (χ1v) is 6.77.